The number of carbonyl (C=O) groups excluding carboxylic acids is 2. The summed E-state index contributed by atoms with van der Waals surface area (Å²) < 4.78 is 29.0. The summed E-state index contributed by atoms with van der Waals surface area (Å²) in [7, 11) is 0. The Hall–Kier alpha value is -2.96. The number of rotatable bonds is 6. The van der Waals surface area contributed by atoms with E-state index >= 15 is 0 Å². The van der Waals surface area contributed by atoms with E-state index in [1.165, 1.54) is 24.3 Å². The highest BCUT2D eigenvalue weighted by atomic mass is 19.3. The fourth-order valence-corrected chi connectivity index (χ4v) is 2.36. The second-order valence-corrected chi connectivity index (χ2v) is 5.48. The van der Waals surface area contributed by atoms with Crippen molar-refractivity contribution in [3.05, 3.63) is 59.2 Å². The van der Waals surface area contributed by atoms with Crippen LogP contribution in [0.1, 0.15) is 21.5 Å². The summed E-state index contributed by atoms with van der Waals surface area (Å²) in [5.41, 5.74) is 2.55. The normalized spacial score (nSPS) is 10.4. The van der Waals surface area contributed by atoms with Gasteiger partial charge in [-0.3, -0.25) is 9.59 Å². The van der Waals surface area contributed by atoms with Crippen molar-refractivity contribution in [3.63, 3.8) is 0 Å². The SMILES string of the molecule is Cc1cc(C)cc(NC(=O)CNC(=O)c2ccccc2OC(F)F)c1. The fraction of sp³-hybridized carbons (Fsp3) is 0.222. The number of halogens is 2. The summed E-state index contributed by atoms with van der Waals surface area (Å²) in [5, 5.41) is 5.06. The average molecular weight is 348 g/mol. The highest BCUT2D eigenvalue weighted by Crippen LogP contribution is 2.20. The van der Waals surface area contributed by atoms with Crippen LogP contribution >= 0.6 is 0 Å². The Kier molecular flexibility index (Phi) is 6.05. The van der Waals surface area contributed by atoms with E-state index < -0.39 is 18.4 Å². The van der Waals surface area contributed by atoms with Crippen LogP contribution in [0.4, 0.5) is 14.5 Å². The van der Waals surface area contributed by atoms with Gasteiger partial charge in [0.2, 0.25) is 5.91 Å². The molecule has 0 fully saturated rings. The van der Waals surface area contributed by atoms with E-state index in [1.807, 2.05) is 19.9 Å². The van der Waals surface area contributed by atoms with E-state index in [2.05, 4.69) is 15.4 Å². The summed E-state index contributed by atoms with van der Waals surface area (Å²) in [6, 6.07) is 11.2. The lowest BCUT2D eigenvalue weighted by Crippen LogP contribution is -2.33. The largest absolute Gasteiger partial charge is 0.434 e. The van der Waals surface area contributed by atoms with Crippen molar-refractivity contribution in [2.45, 2.75) is 20.5 Å². The average Bonchev–Trinajstić information content (AvgIpc) is 2.51. The van der Waals surface area contributed by atoms with E-state index in [0.29, 0.717) is 5.69 Å². The number of hydrogen-bond acceptors (Lipinski definition) is 3. The highest BCUT2D eigenvalue weighted by molar-refractivity contribution is 6.00. The number of alkyl halides is 2. The van der Waals surface area contributed by atoms with Crippen molar-refractivity contribution in [1.29, 1.82) is 0 Å². The first kappa shape index (κ1) is 18.4. The molecule has 0 spiro atoms. The van der Waals surface area contributed by atoms with Gasteiger partial charge in [-0.15, -0.1) is 0 Å². The van der Waals surface area contributed by atoms with Gasteiger partial charge in [0.05, 0.1) is 12.1 Å². The summed E-state index contributed by atoms with van der Waals surface area (Å²) >= 11 is 0. The van der Waals surface area contributed by atoms with E-state index in [0.717, 1.165) is 11.1 Å². The van der Waals surface area contributed by atoms with Crippen LogP contribution in [-0.4, -0.2) is 25.0 Å². The van der Waals surface area contributed by atoms with Crippen molar-refractivity contribution >= 4 is 17.5 Å². The molecule has 0 saturated carbocycles. The first-order valence-corrected chi connectivity index (χ1v) is 7.55. The third-order valence-electron chi connectivity index (χ3n) is 3.26. The Morgan fingerprint density at radius 2 is 1.72 bits per heavy atom. The number of benzene rings is 2. The molecule has 2 amide bonds. The van der Waals surface area contributed by atoms with Gasteiger partial charge in [-0.1, -0.05) is 18.2 Å². The maximum absolute atomic E-state index is 12.4. The summed E-state index contributed by atoms with van der Waals surface area (Å²) in [5.74, 6) is -1.35. The third-order valence-corrected chi connectivity index (χ3v) is 3.26. The topological polar surface area (TPSA) is 67.4 Å². The fourth-order valence-electron chi connectivity index (χ4n) is 2.36. The van der Waals surface area contributed by atoms with E-state index in [1.54, 1.807) is 12.1 Å². The lowest BCUT2D eigenvalue weighted by molar-refractivity contribution is -0.115. The quantitative estimate of drug-likeness (QED) is 0.842. The smallest absolute Gasteiger partial charge is 0.387 e. The molecular formula is C18H18F2N2O3. The Morgan fingerprint density at radius 1 is 1.08 bits per heavy atom. The van der Waals surface area contributed by atoms with Gasteiger partial charge in [0.15, 0.2) is 0 Å². The van der Waals surface area contributed by atoms with Crippen LogP contribution in [0, 0.1) is 13.8 Å². The van der Waals surface area contributed by atoms with E-state index in [-0.39, 0.29) is 17.9 Å². The molecule has 0 aromatic heterocycles. The summed E-state index contributed by atoms with van der Waals surface area (Å²) in [4.78, 5) is 24.1. The summed E-state index contributed by atoms with van der Waals surface area (Å²) in [6.45, 7) is 0.477. The van der Waals surface area contributed by atoms with Crippen LogP contribution in [0.2, 0.25) is 0 Å². The molecule has 0 bridgehead atoms. The van der Waals surface area contributed by atoms with Crippen LogP contribution in [0.3, 0.4) is 0 Å². The molecule has 2 aromatic rings. The molecule has 2 aromatic carbocycles. The molecule has 25 heavy (non-hydrogen) atoms. The maximum atomic E-state index is 12.4. The number of hydrogen-bond donors (Lipinski definition) is 2. The van der Waals surface area contributed by atoms with Crippen LogP contribution in [-0.2, 0) is 4.79 Å². The van der Waals surface area contributed by atoms with Crippen LogP contribution in [0.25, 0.3) is 0 Å². The van der Waals surface area contributed by atoms with Crippen molar-refractivity contribution < 1.29 is 23.1 Å². The van der Waals surface area contributed by atoms with Crippen molar-refractivity contribution in [2.75, 3.05) is 11.9 Å². The Morgan fingerprint density at radius 3 is 2.36 bits per heavy atom. The molecule has 0 heterocycles. The van der Waals surface area contributed by atoms with Crippen LogP contribution in [0.15, 0.2) is 42.5 Å². The molecule has 5 nitrogen and oxygen atoms in total. The molecule has 132 valence electrons. The zero-order valence-electron chi connectivity index (χ0n) is 13.8. The molecule has 7 heteroatoms. The Bertz CT molecular complexity index is 758. The minimum Gasteiger partial charge on any atom is -0.434 e. The predicted molar refractivity (Wildman–Crippen MR) is 90.0 cm³/mol. The minimum absolute atomic E-state index is 0.0676. The van der Waals surface area contributed by atoms with Gasteiger partial charge in [-0.2, -0.15) is 8.78 Å². The first-order valence-electron chi connectivity index (χ1n) is 7.55. The molecule has 0 unspecified atom stereocenters. The van der Waals surface area contributed by atoms with Gasteiger partial charge >= 0.3 is 6.61 Å². The van der Waals surface area contributed by atoms with Gasteiger partial charge in [-0.05, 0) is 49.2 Å². The molecule has 0 aliphatic heterocycles. The second kappa shape index (κ2) is 8.23. The van der Waals surface area contributed by atoms with Crippen molar-refractivity contribution in [1.82, 2.24) is 5.32 Å². The molecule has 0 aliphatic carbocycles. The number of aryl methyl sites for hydroxylation is 2. The van der Waals surface area contributed by atoms with Crippen LogP contribution in [0.5, 0.6) is 5.75 Å². The monoisotopic (exact) mass is 348 g/mol. The van der Waals surface area contributed by atoms with Crippen molar-refractivity contribution in [3.8, 4) is 5.75 Å². The molecule has 0 radical (unpaired) electrons. The minimum atomic E-state index is -3.04. The molecule has 0 aliphatic rings. The predicted octanol–water partition coefficient (Wildman–Crippen LogP) is 3.27. The molecule has 0 saturated heterocycles. The number of amides is 2. The lowest BCUT2D eigenvalue weighted by atomic mass is 10.1. The van der Waals surface area contributed by atoms with Crippen LogP contribution < -0.4 is 15.4 Å². The van der Waals surface area contributed by atoms with Gasteiger partial charge < -0.3 is 15.4 Å². The first-order chi connectivity index (χ1) is 11.8. The molecule has 0 atom stereocenters. The molecule has 2 N–H and O–H groups in total. The molecule has 2 rings (SSSR count). The Labute approximate surface area is 144 Å². The number of nitrogens with one attached hydrogen (secondary N) is 2. The van der Waals surface area contributed by atoms with Gasteiger partial charge in [0.1, 0.15) is 5.75 Å². The zero-order valence-corrected chi connectivity index (χ0v) is 13.8. The maximum Gasteiger partial charge on any atom is 0.387 e. The number of para-hydroxylation sites is 1. The van der Waals surface area contributed by atoms with Gasteiger partial charge in [-0.25, -0.2) is 0 Å². The molecular weight excluding hydrogens is 330 g/mol. The standard InChI is InChI=1S/C18H18F2N2O3/c1-11-7-12(2)9-13(8-11)22-16(23)10-21-17(24)14-5-3-4-6-15(14)25-18(19)20/h3-9,18H,10H2,1-2H3,(H,21,24)(H,22,23). The van der Waals surface area contributed by atoms with E-state index in [4.69, 9.17) is 0 Å². The summed E-state index contributed by atoms with van der Waals surface area (Å²) in [6.07, 6.45) is 0. The lowest BCUT2D eigenvalue weighted by Gasteiger charge is -2.11. The second-order valence-electron chi connectivity index (χ2n) is 5.48. The van der Waals surface area contributed by atoms with Gasteiger partial charge in [0.25, 0.3) is 5.91 Å². The third kappa shape index (κ3) is 5.56. The Balaban J connectivity index is 1.96. The number of ether oxygens (including phenoxy) is 1. The number of carbonyl (C=O) groups is 2. The number of anilines is 1. The van der Waals surface area contributed by atoms with Gasteiger partial charge in [0, 0.05) is 5.69 Å². The van der Waals surface area contributed by atoms with E-state index in [9.17, 15) is 18.4 Å². The zero-order chi connectivity index (χ0) is 18.4. The highest BCUT2D eigenvalue weighted by Gasteiger charge is 2.16. The van der Waals surface area contributed by atoms with Crippen molar-refractivity contribution in [2.24, 2.45) is 0 Å².